The molecule has 3 rings (SSSR count). The van der Waals surface area contributed by atoms with Crippen LogP contribution in [0.15, 0.2) is 48.5 Å². The first-order valence-electron chi connectivity index (χ1n) is 7.92. The van der Waals surface area contributed by atoms with Gasteiger partial charge in [-0.2, -0.15) is 0 Å². The summed E-state index contributed by atoms with van der Waals surface area (Å²) in [6.07, 6.45) is 2.06. The first kappa shape index (κ1) is 14.6. The Balaban J connectivity index is 1.76. The average Bonchev–Trinajstić information content (AvgIpc) is 3.35. The van der Waals surface area contributed by atoms with Gasteiger partial charge in [-0.15, -0.1) is 0 Å². The molecule has 2 aromatic carbocycles. The van der Waals surface area contributed by atoms with Gasteiger partial charge in [0.15, 0.2) is 0 Å². The van der Waals surface area contributed by atoms with Gasteiger partial charge in [0, 0.05) is 29.5 Å². The second kappa shape index (κ2) is 6.22. The lowest BCUT2D eigenvalue weighted by Crippen LogP contribution is -2.16. The summed E-state index contributed by atoms with van der Waals surface area (Å²) >= 11 is 0. The summed E-state index contributed by atoms with van der Waals surface area (Å²) in [6, 6.07) is 16.6. The molecule has 1 N–H and O–H groups in total. The summed E-state index contributed by atoms with van der Waals surface area (Å²) in [5.41, 5.74) is 4.46. The van der Waals surface area contributed by atoms with Gasteiger partial charge in [-0.1, -0.05) is 12.1 Å². The second-order valence-corrected chi connectivity index (χ2v) is 5.89. The molecule has 3 nitrogen and oxygen atoms in total. The third-order valence-corrected chi connectivity index (χ3v) is 4.02. The number of carbonyl (C=O) groups is 1. The number of nitrogens with zero attached hydrogens (tertiary/aromatic N) is 1. The van der Waals surface area contributed by atoms with Crippen molar-refractivity contribution in [3.05, 3.63) is 54.1 Å². The van der Waals surface area contributed by atoms with Crippen molar-refractivity contribution in [3.63, 3.8) is 0 Å². The van der Waals surface area contributed by atoms with Crippen molar-refractivity contribution in [2.45, 2.75) is 26.7 Å². The highest BCUT2D eigenvalue weighted by molar-refractivity contribution is 5.94. The fraction of sp³-hybridized carbons (Fsp3) is 0.316. The van der Waals surface area contributed by atoms with Crippen LogP contribution in [0, 0.1) is 12.8 Å². The lowest BCUT2D eigenvalue weighted by atomic mass is 10.2. The normalized spacial score (nSPS) is 13.7. The number of rotatable bonds is 5. The molecule has 2 aromatic rings. The van der Waals surface area contributed by atoms with E-state index in [2.05, 4.69) is 60.5 Å². The summed E-state index contributed by atoms with van der Waals surface area (Å²) in [5.74, 6) is 0.387. The summed E-state index contributed by atoms with van der Waals surface area (Å²) < 4.78 is 0. The van der Waals surface area contributed by atoms with Crippen molar-refractivity contribution in [2.75, 3.05) is 16.8 Å². The number of benzene rings is 2. The Labute approximate surface area is 132 Å². The minimum Gasteiger partial charge on any atom is -0.342 e. The maximum absolute atomic E-state index is 11.8. The van der Waals surface area contributed by atoms with Gasteiger partial charge >= 0.3 is 0 Å². The number of hydrogen-bond donors (Lipinski definition) is 1. The minimum absolute atomic E-state index is 0.152. The fourth-order valence-electron chi connectivity index (χ4n) is 2.62. The SMILES string of the molecule is CCN(c1ccc(NC(=O)C2CC2)cc1)c1cccc(C)c1. The topological polar surface area (TPSA) is 32.3 Å². The Hall–Kier alpha value is -2.29. The molecule has 0 atom stereocenters. The van der Waals surface area contributed by atoms with Crippen LogP contribution in [0.2, 0.25) is 0 Å². The van der Waals surface area contributed by atoms with E-state index in [1.807, 2.05) is 12.1 Å². The van der Waals surface area contributed by atoms with Crippen LogP contribution in [0.5, 0.6) is 0 Å². The van der Waals surface area contributed by atoms with E-state index < -0.39 is 0 Å². The molecule has 0 spiro atoms. The van der Waals surface area contributed by atoms with Gasteiger partial charge in [0.25, 0.3) is 0 Å². The van der Waals surface area contributed by atoms with Crippen LogP contribution >= 0.6 is 0 Å². The Kier molecular flexibility index (Phi) is 4.14. The molecule has 0 aliphatic heterocycles. The maximum Gasteiger partial charge on any atom is 0.227 e. The van der Waals surface area contributed by atoms with Gasteiger partial charge in [0.1, 0.15) is 0 Å². The predicted molar refractivity (Wildman–Crippen MR) is 91.7 cm³/mol. The van der Waals surface area contributed by atoms with Gasteiger partial charge in [-0.3, -0.25) is 4.79 Å². The number of amides is 1. The summed E-state index contributed by atoms with van der Waals surface area (Å²) in [4.78, 5) is 14.1. The average molecular weight is 294 g/mol. The first-order valence-corrected chi connectivity index (χ1v) is 7.92. The van der Waals surface area contributed by atoms with E-state index in [0.717, 1.165) is 30.8 Å². The molecule has 1 amide bonds. The highest BCUT2D eigenvalue weighted by Crippen LogP contribution is 2.31. The van der Waals surface area contributed by atoms with Gasteiger partial charge in [0.05, 0.1) is 0 Å². The van der Waals surface area contributed by atoms with E-state index in [0.29, 0.717) is 0 Å². The maximum atomic E-state index is 11.8. The Bertz CT molecular complexity index is 659. The van der Waals surface area contributed by atoms with E-state index in [9.17, 15) is 4.79 Å². The zero-order valence-corrected chi connectivity index (χ0v) is 13.2. The molecule has 22 heavy (non-hydrogen) atoms. The molecule has 0 unspecified atom stereocenters. The molecule has 1 aliphatic carbocycles. The van der Waals surface area contributed by atoms with E-state index in [4.69, 9.17) is 0 Å². The quantitative estimate of drug-likeness (QED) is 0.880. The molecule has 1 fully saturated rings. The lowest BCUT2D eigenvalue weighted by Gasteiger charge is -2.24. The first-order chi connectivity index (χ1) is 10.7. The molecule has 1 aliphatic rings. The van der Waals surface area contributed by atoms with Crippen LogP contribution in [0.4, 0.5) is 17.1 Å². The minimum atomic E-state index is 0.152. The Morgan fingerprint density at radius 3 is 2.45 bits per heavy atom. The van der Waals surface area contributed by atoms with Crippen LogP contribution in [0.25, 0.3) is 0 Å². The van der Waals surface area contributed by atoms with Crippen LogP contribution in [-0.4, -0.2) is 12.5 Å². The van der Waals surface area contributed by atoms with E-state index >= 15 is 0 Å². The summed E-state index contributed by atoms with van der Waals surface area (Å²) in [7, 11) is 0. The van der Waals surface area contributed by atoms with Gasteiger partial charge in [-0.25, -0.2) is 0 Å². The van der Waals surface area contributed by atoms with Crippen LogP contribution in [0.3, 0.4) is 0 Å². The standard InChI is InChI=1S/C19H22N2O/c1-3-21(18-6-4-5-14(2)13-18)17-11-9-16(10-12-17)20-19(22)15-7-8-15/h4-6,9-13,15H,3,7-8H2,1-2H3,(H,20,22). The monoisotopic (exact) mass is 294 g/mol. The van der Waals surface area contributed by atoms with E-state index in [-0.39, 0.29) is 11.8 Å². The second-order valence-electron chi connectivity index (χ2n) is 5.89. The molecule has 0 radical (unpaired) electrons. The van der Waals surface area contributed by atoms with Crippen LogP contribution < -0.4 is 10.2 Å². The van der Waals surface area contributed by atoms with Gasteiger partial charge in [0.2, 0.25) is 5.91 Å². The molecule has 0 saturated heterocycles. The van der Waals surface area contributed by atoms with E-state index in [1.165, 1.54) is 11.3 Å². The third-order valence-electron chi connectivity index (χ3n) is 4.02. The van der Waals surface area contributed by atoms with Crippen LogP contribution in [0.1, 0.15) is 25.3 Å². The zero-order valence-electron chi connectivity index (χ0n) is 13.2. The lowest BCUT2D eigenvalue weighted by molar-refractivity contribution is -0.117. The third kappa shape index (κ3) is 3.30. The zero-order chi connectivity index (χ0) is 15.5. The van der Waals surface area contributed by atoms with Crippen molar-refractivity contribution in [3.8, 4) is 0 Å². The van der Waals surface area contributed by atoms with Crippen molar-refractivity contribution in [1.29, 1.82) is 0 Å². The van der Waals surface area contributed by atoms with Gasteiger partial charge < -0.3 is 10.2 Å². The number of hydrogen-bond acceptors (Lipinski definition) is 2. The number of aryl methyl sites for hydroxylation is 1. The van der Waals surface area contributed by atoms with Gasteiger partial charge in [-0.05, 0) is 68.7 Å². The Morgan fingerprint density at radius 2 is 1.86 bits per heavy atom. The van der Waals surface area contributed by atoms with Crippen molar-refractivity contribution >= 4 is 23.0 Å². The number of nitrogens with one attached hydrogen (secondary N) is 1. The molecule has 3 heteroatoms. The smallest absolute Gasteiger partial charge is 0.227 e. The molecule has 114 valence electrons. The van der Waals surface area contributed by atoms with Crippen molar-refractivity contribution in [1.82, 2.24) is 0 Å². The van der Waals surface area contributed by atoms with Crippen molar-refractivity contribution < 1.29 is 4.79 Å². The van der Waals surface area contributed by atoms with Crippen LogP contribution in [-0.2, 0) is 4.79 Å². The van der Waals surface area contributed by atoms with E-state index in [1.54, 1.807) is 0 Å². The molecule has 0 bridgehead atoms. The number of carbonyl (C=O) groups excluding carboxylic acids is 1. The molecular weight excluding hydrogens is 272 g/mol. The Morgan fingerprint density at radius 1 is 1.14 bits per heavy atom. The molecular formula is C19H22N2O. The number of anilines is 3. The van der Waals surface area contributed by atoms with Crippen molar-refractivity contribution in [2.24, 2.45) is 5.92 Å². The molecule has 0 aromatic heterocycles. The molecule has 0 heterocycles. The largest absolute Gasteiger partial charge is 0.342 e. The summed E-state index contributed by atoms with van der Waals surface area (Å²) in [5, 5.41) is 2.98. The predicted octanol–water partition coefficient (Wildman–Crippen LogP) is 4.50. The fourth-order valence-corrected chi connectivity index (χ4v) is 2.62. The highest BCUT2D eigenvalue weighted by atomic mass is 16.2. The summed E-state index contributed by atoms with van der Waals surface area (Å²) in [6.45, 7) is 5.15. The molecule has 1 saturated carbocycles. The highest BCUT2D eigenvalue weighted by Gasteiger charge is 2.29.